The summed E-state index contributed by atoms with van der Waals surface area (Å²) in [6.45, 7) is 2.59. The highest BCUT2D eigenvalue weighted by Gasteiger charge is 2.36. The van der Waals surface area contributed by atoms with Crippen LogP contribution in [0.1, 0.15) is 19.2 Å². The van der Waals surface area contributed by atoms with Gasteiger partial charge in [-0.2, -0.15) is 22.5 Å². The third kappa shape index (κ3) is 3.31. The lowest BCUT2D eigenvalue weighted by atomic mass is 10.4. The van der Waals surface area contributed by atoms with Gasteiger partial charge in [0.15, 0.2) is 0 Å². The standard InChI is InChI=1S/C8H12F3N3OS/c1-2-3-14(4-5-15)7-12-6(13-16-7)8(9,10)11/h15H,2-5H2,1H3. The summed E-state index contributed by atoms with van der Waals surface area (Å²) in [4.78, 5) is 5.01. The molecular formula is C8H12F3N3OS. The minimum Gasteiger partial charge on any atom is -0.395 e. The predicted molar refractivity (Wildman–Crippen MR) is 54.5 cm³/mol. The molecule has 0 aliphatic rings. The maximum atomic E-state index is 12.3. The van der Waals surface area contributed by atoms with Gasteiger partial charge in [0.05, 0.1) is 6.61 Å². The van der Waals surface area contributed by atoms with E-state index in [0.29, 0.717) is 18.1 Å². The summed E-state index contributed by atoms with van der Waals surface area (Å²) < 4.78 is 40.0. The Bertz CT molecular complexity index is 323. The normalized spacial score (nSPS) is 11.8. The van der Waals surface area contributed by atoms with Crippen LogP contribution in [0.15, 0.2) is 0 Å². The number of alkyl halides is 3. The second-order valence-corrected chi connectivity index (χ2v) is 3.84. The summed E-state index contributed by atoms with van der Waals surface area (Å²) in [5.41, 5.74) is 0. The first-order chi connectivity index (χ1) is 7.49. The lowest BCUT2D eigenvalue weighted by Gasteiger charge is -2.18. The van der Waals surface area contributed by atoms with E-state index in [2.05, 4.69) is 9.36 Å². The van der Waals surface area contributed by atoms with E-state index in [9.17, 15) is 13.2 Å². The fraction of sp³-hybridized carbons (Fsp3) is 0.750. The van der Waals surface area contributed by atoms with E-state index in [1.807, 2.05) is 6.92 Å². The molecule has 92 valence electrons. The zero-order valence-corrected chi connectivity index (χ0v) is 9.48. The van der Waals surface area contributed by atoms with Crippen molar-refractivity contribution < 1.29 is 18.3 Å². The molecule has 0 radical (unpaired) electrons. The van der Waals surface area contributed by atoms with E-state index < -0.39 is 12.0 Å². The highest BCUT2D eigenvalue weighted by atomic mass is 32.1. The van der Waals surface area contributed by atoms with Gasteiger partial charge in [0.25, 0.3) is 0 Å². The van der Waals surface area contributed by atoms with E-state index in [1.165, 1.54) is 0 Å². The number of halogens is 3. The first kappa shape index (κ1) is 13.2. The molecule has 1 aromatic rings. The summed E-state index contributed by atoms with van der Waals surface area (Å²) >= 11 is 0.698. The lowest BCUT2D eigenvalue weighted by Crippen LogP contribution is -2.27. The van der Waals surface area contributed by atoms with Crippen molar-refractivity contribution in [2.24, 2.45) is 0 Å². The zero-order chi connectivity index (χ0) is 12.2. The Labute approximate surface area is 94.9 Å². The smallest absolute Gasteiger partial charge is 0.395 e. The highest BCUT2D eigenvalue weighted by Crippen LogP contribution is 2.30. The number of aliphatic hydroxyl groups excluding tert-OH is 1. The molecule has 16 heavy (non-hydrogen) atoms. The average Bonchev–Trinajstić information content (AvgIpc) is 2.65. The van der Waals surface area contributed by atoms with Crippen molar-refractivity contribution in [2.45, 2.75) is 19.5 Å². The van der Waals surface area contributed by atoms with Crippen LogP contribution in [-0.2, 0) is 6.18 Å². The van der Waals surface area contributed by atoms with E-state index in [4.69, 9.17) is 5.11 Å². The first-order valence-electron chi connectivity index (χ1n) is 4.75. The maximum absolute atomic E-state index is 12.3. The Kier molecular flexibility index (Phi) is 4.48. The van der Waals surface area contributed by atoms with Gasteiger partial charge in [-0.15, -0.1) is 0 Å². The summed E-state index contributed by atoms with van der Waals surface area (Å²) in [5, 5.41) is 8.98. The number of nitrogens with zero attached hydrogens (tertiary/aromatic N) is 3. The Morgan fingerprint density at radius 3 is 2.50 bits per heavy atom. The van der Waals surface area contributed by atoms with Crippen LogP contribution in [0.5, 0.6) is 0 Å². The molecule has 0 aliphatic carbocycles. The van der Waals surface area contributed by atoms with E-state index in [-0.39, 0.29) is 18.3 Å². The monoisotopic (exact) mass is 255 g/mol. The van der Waals surface area contributed by atoms with Crippen LogP contribution in [0.25, 0.3) is 0 Å². The van der Waals surface area contributed by atoms with Crippen LogP contribution in [-0.4, -0.2) is 34.2 Å². The Balaban J connectivity index is 2.81. The number of anilines is 1. The van der Waals surface area contributed by atoms with Crippen LogP contribution in [0, 0.1) is 0 Å². The van der Waals surface area contributed by atoms with Crippen LogP contribution in [0.3, 0.4) is 0 Å². The van der Waals surface area contributed by atoms with Crippen LogP contribution < -0.4 is 4.90 Å². The number of rotatable bonds is 5. The lowest BCUT2D eigenvalue weighted by molar-refractivity contribution is -0.144. The van der Waals surface area contributed by atoms with Crippen molar-refractivity contribution in [1.29, 1.82) is 0 Å². The van der Waals surface area contributed by atoms with Gasteiger partial charge in [0.2, 0.25) is 11.0 Å². The predicted octanol–water partition coefficient (Wildman–Crippen LogP) is 1.77. The Morgan fingerprint density at radius 2 is 2.06 bits per heavy atom. The molecule has 0 saturated carbocycles. The topological polar surface area (TPSA) is 49.2 Å². The van der Waals surface area contributed by atoms with Gasteiger partial charge in [0, 0.05) is 24.6 Å². The molecule has 0 atom stereocenters. The van der Waals surface area contributed by atoms with Gasteiger partial charge in [-0.3, -0.25) is 0 Å². The second kappa shape index (κ2) is 5.44. The first-order valence-corrected chi connectivity index (χ1v) is 5.53. The minimum atomic E-state index is -4.51. The summed E-state index contributed by atoms with van der Waals surface area (Å²) in [6, 6.07) is 0. The molecule has 1 N–H and O–H groups in total. The number of hydrogen-bond acceptors (Lipinski definition) is 5. The molecule has 0 spiro atoms. The minimum absolute atomic E-state index is 0.124. The van der Waals surface area contributed by atoms with Crippen molar-refractivity contribution in [3.8, 4) is 0 Å². The fourth-order valence-electron chi connectivity index (χ4n) is 1.15. The summed E-state index contributed by atoms with van der Waals surface area (Å²) in [7, 11) is 0. The number of aromatic nitrogens is 2. The largest absolute Gasteiger partial charge is 0.452 e. The Morgan fingerprint density at radius 1 is 1.38 bits per heavy atom. The quantitative estimate of drug-likeness (QED) is 0.871. The van der Waals surface area contributed by atoms with Gasteiger partial charge < -0.3 is 10.0 Å². The van der Waals surface area contributed by atoms with E-state index >= 15 is 0 Å². The van der Waals surface area contributed by atoms with Gasteiger partial charge in [-0.25, -0.2) is 0 Å². The van der Waals surface area contributed by atoms with Crippen molar-refractivity contribution in [2.75, 3.05) is 24.6 Å². The molecule has 0 fully saturated rings. The summed E-state index contributed by atoms with van der Waals surface area (Å²) in [5.74, 6) is -1.12. The van der Waals surface area contributed by atoms with E-state index in [0.717, 1.165) is 6.42 Å². The van der Waals surface area contributed by atoms with Crippen molar-refractivity contribution >= 4 is 16.7 Å². The molecule has 1 aromatic heterocycles. The molecule has 1 rings (SSSR count). The van der Waals surface area contributed by atoms with Crippen LogP contribution in [0.2, 0.25) is 0 Å². The fourth-order valence-corrected chi connectivity index (χ4v) is 1.89. The molecule has 0 aromatic carbocycles. The van der Waals surface area contributed by atoms with Crippen molar-refractivity contribution in [1.82, 2.24) is 9.36 Å². The maximum Gasteiger partial charge on any atom is 0.452 e. The second-order valence-electron chi connectivity index (χ2n) is 3.11. The highest BCUT2D eigenvalue weighted by molar-refractivity contribution is 7.09. The molecular weight excluding hydrogens is 243 g/mol. The number of hydrogen-bond donors (Lipinski definition) is 1. The zero-order valence-electron chi connectivity index (χ0n) is 8.66. The molecule has 0 saturated heterocycles. The van der Waals surface area contributed by atoms with Crippen LogP contribution >= 0.6 is 11.5 Å². The summed E-state index contributed by atoms with van der Waals surface area (Å²) in [6.07, 6.45) is -3.74. The molecule has 0 unspecified atom stereocenters. The average molecular weight is 255 g/mol. The number of aliphatic hydroxyl groups is 1. The molecule has 0 bridgehead atoms. The SMILES string of the molecule is CCCN(CCO)c1nc(C(F)(F)F)ns1. The molecule has 0 aliphatic heterocycles. The molecule has 1 heterocycles. The third-order valence-corrected chi connectivity index (χ3v) is 2.58. The molecule has 4 nitrogen and oxygen atoms in total. The Hall–Kier alpha value is -0.890. The van der Waals surface area contributed by atoms with Crippen molar-refractivity contribution in [3.63, 3.8) is 0 Å². The van der Waals surface area contributed by atoms with Gasteiger partial charge in [0.1, 0.15) is 0 Å². The third-order valence-electron chi connectivity index (χ3n) is 1.80. The molecule has 8 heteroatoms. The van der Waals surface area contributed by atoms with Gasteiger partial charge in [-0.05, 0) is 6.42 Å². The van der Waals surface area contributed by atoms with Crippen molar-refractivity contribution in [3.05, 3.63) is 5.82 Å². The molecule has 0 amide bonds. The van der Waals surface area contributed by atoms with Crippen LogP contribution in [0.4, 0.5) is 18.3 Å². The van der Waals surface area contributed by atoms with Gasteiger partial charge in [-0.1, -0.05) is 6.92 Å². The van der Waals surface area contributed by atoms with E-state index in [1.54, 1.807) is 4.90 Å². The van der Waals surface area contributed by atoms with Gasteiger partial charge >= 0.3 is 6.18 Å².